The normalized spacial score (nSPS) is 13.7. The van der Waals surface area contributed by atoms with Crippen LogP contribution in [0.2, 0.25) is 5.02 Å². The van der Waals surface area contributed by atoms with Gasteiger partial charge in [-0.2, -0.15) is 0 Å². The van der Waals surface area contributed by atoms with E-state index in [0.717, 1.165) is 43.1 Å². The van der Waals surface area contributed by atoms with Gasteiger partial charge in [0, 0.05) is 48.1 Å². The number of nitrogens with one attached hydrogen (secondary N) is 1. The van der Waals surface area contributed by atoms with Gasteiger partial charge in [-0.3, -0.25) is 4.79 Å². The Hall–Kier alpha value is -3.51. The molecule has 1 heterocycles. The minimum atomic E-state index is -1.08. The van der Waals surface area contributed by atoms with Crippen LogP contribution in [0.25, 0.3) is 0 Å². The first-order chi connectivity index (χ1) is 15.8. The number of halogens is 1. The zero-order valence-corrected chi connectivity index (χ0v) is 19.4. The Bertz CT molecular complexity index is 1200. The number of nitrogens with zero attached hydrogens (tertiary/aromatic N) is 2. The van der Waals surface area contributed by atoms with Crippen molar-refractivity contribution in [3.63, 3.8) is 0 Å². The molecule has 0 atom stereocenters. The van der Waals surface area contributed by atoms with Crippen LogP contribution in [0, 0.1) is 13.8 Å². The van der Waals surface area contributed by atoms with Crippen molar-refractivity contribution in [3.05, 3.63) is 87.9 Å². The molecule has 1 aliphatic rings. The fourth-order valence-electron chi connectivity index (χ4n) is 4.12. The maximum absolute atomic E-state index is 12.6. The zero-order chi connectivity index (χ0) is 23.5. The predicted octanol–water partition coefficient (Wildman–Crippen LogP) is 5.23. The van der Waals surface area contributed by atoms with Crippen LogP contribution in [0.15, 0.2) is 60.7 Å². The zero-order valence-electron chi connectivity index (χ0n) is 18.6. The minimum Gasteiger partial charge on any atom is -0.478 e. The Balaban J connectivity index is 1.49. The molecule has 33 heavy (non-hydrogen) atoms. The van der Waals surface area contributed by atoms with Crippen molar-refractivity contribution in [2.45, 2.75) is 13.8 Å². The Morgan fingerprint density at radius 2 is 1.64 bits per heavy atom. The largest absolute Gasteiger partial charge is 0.478 e. The lowest BCUT2D eigenvalue weighted by atomic mass is 10.1. The van der Waals surface area contributed by atoms with Crippen molar-refractivity contribution in [1.82, 2.24) is 0 Å². The number of hydrogen-bond donors (Lipinski definition) is 2. The third-order valence-electron chi connectivity index (χ3n) is 5.92. The molecule has 0 unspecified atom stereocenters. The number of rotatable bonds is 5. The molecule has 0 aliphatic carbocycles. The summed E-state index contributed by atoms with van der Waals surface area (Å²) in [6, 6.07) is 18.2. The maximum atomic E-state index is 12.6. The van der Waals surface area contributed by atoms with E-state index in [9.17, 15) is 14.7 Å². The van der Waals surface area contributed by atoms with Crippen LogP contribution in [0.5, 0.6) is 0 Å². The highest BCUT2D eigenvalue weighted by atomic mass is 35.5. The molecule has 1 amide bonds. The summed E-state index contributed by atoms with van der Waals surface area (Å²) in [4.78, 5) is 29.0. The fraction of sp³-hybridized carbons (Fsp3) is 0.231. The van der Waals surface area contributed by atoms with Gasteiger partial charge in [0.2, 0.25) is 0 Å². The third-order valence-corrected chi connectivity index (χ3v) is 6.15. The molecule has 0 radical (unpaired) electrons. The van der Waals surface area contributed by atoms with Crippen LogP contribution < -0.4 is 15.1 Å². The smallest absolute Gasteiger partial charge is 0.337 e. The molecular weight excluding hydrogens is 438 g/mol. The van der Waals surface area contributed by atoms with Crippen LogP contribution in [0.4, 0.5) is 17.1 Å². The van der Waals surface area contributed by atoms with Gasteiger partial charge in [0.15, 0.2) is 0 Å². The first-order valence-electron chi connectivity index (χ1n) is 10.8. The highest BCUT2D eigenvalue weighted by Gasteiger charge is 2.21. The average molecular weight is 464 g/mol. The van der Waals surface area contributed by atoms with E-state index in [1.807, 2.05) is 37.3 Å². The number of aromatic carboxylic acids is 1. The van der Waals surface area contributed by atoms with Gasteiger partial charge < -0.3 is 20.2 Å². The molecule has 3 aromatic carbocycles. The summed E-state index contributed by atoms with van der Waals surface area (Å²) in [7, 11) is 0. The Morgan fingerprint density at radius 3 is 2.33 bits per heavy atom. The summed E-state index contributed by atoms with van der Waals surface area (Å²) in [5, 5.41) is 13.2. The summed E-state index contributed by atoms with van der Waals surface area (Å²) in [6.07, 6.45) is 0. The Morgan fingerprint density at radius 1 is 0.909 bits per heavy atom. The Kier molecular flexibility index (Phi) is 6.56. The van der Waals surface area contributed by atoms with Gasteiger partial charge in [-0.05, 0) is 61.9 Å². The Labute approximate surface area is 198 Å². The summed E-state index contributed by atoms with van der Waals surface area (Å²) in [5.74, 6) is -1.41. The van der Waals surface area contributed by atoms with Gasteiger partial charge >= 0.3 is 5.97 Å². The molecule has 0 spiro atoms. The van der Waals surface area contributed by atoms with Gasteiger partial charge in [0.1, 0.15) is 0 Å². The van der Waals surface area contributed by atoms with Crippen LogP contribution in [-0.4, -0.2) is 43.2 Å². The number of benzene rings is 3. The second-order valence-corrected chi connectivity index (χ2v) is 8.70. The van der Waals surface area contributed by atoms with E-state index in [2.05, 4.69) is 22.0 Å². The number of carbonyl (C=O) groups excluding carboxylic acids is 1. The summed E-state index contributed by atoms with van der Waals surface area (Å²) in [5.41, 5.74) is 4.93. The van der Waals surface area contributed by atoms with Gasteiger partial charge in [-0.1, -0.05) is 35.4 Å². The molecule has 7 heteroatoms. The molecule has 4 rings (SSSR count). The molecule has 170 valence electrons. The summed E-state index contributed by atoms with van der Waals surface area (Å²) in [6.45, 7) is 7.08. The highest BCUT2D eigenvalue weighted by Crippen LogP contribution is 2.28. The van der Waals surface area contributed by atoms with E-state index in [1.54, 1.807) is 30.3 Å². The number of amides is 1. The lowest BCUT2D eigenvalue weighted by Gasteiger charge is -2.38. The molecule has 1 aliphatic heterocycles. The highest BCUT2D eigenvalue weighted by molar-refractivity contribution is 6.30. The number of carbonyl (C=O) groups is 2. The van der Waals surface area contributed by atoms with E-state index in [1.165, 1.54) is 5.56 Å². The quantitative estimate of drug-likeness (QED) is 0.541. The van der Waals surface area contributed by atoms with Crippen LogP contribution in [0.3, 0.4) is 0 Å². The van der Waals surface area contributed by atoms with Gasteiger partial charge in [0.25, 0.3) is 5.91 Å². The number of anilines is 3. The lowest BCUT2D eigenvalue weighted by Crippen LogP contribution is -2.46. The molecule has 0 saturated carbocycles. The molecule has 6 nitrogen and oxygen atoms in total. The summed E-state index contributed by atoms with van der Waals surface area (Å²) < 4.78 is 0. The second kappa shape index (κ2) is 9.55. The maximum Gasteiger partial charge on any atom is 0.337 e. The molecule has 3 aromatic rings. The van der Waals surface area contributed by atoms with Crippen LogP contribution in [-0.2, 0) is 0 Å². The fourth-order valence-corrected chi connectivity index (χ4v) is 4.29. The van der Waals surface area contributed by atoms with E-state index in [4.69, 9.17) is 11.6 Å². The van der Waals surface area contributed by atoms with Crippen molar-refractivity contribution in [2.24, 2.45) is 0 Å². The molecular formula is C26H26ClN3O3. The van der Waals surface area contributed by atoms with Crippen molar-refractivity contribution in [1.29, 1.82) is 0 Å². The average Bonchev–Trinajstić information content (AvgIpc) is 2.81. The van der Waals surface area contributed by atoms with Crippen LogP contribution >= 0.6 is 11.6 Å². The van der Waals surface area contributed by atoms with E-state index < -0.39 is 5.97 Å². The lowest BCUT2D eigenvalue weighted by molar-refractivity contribution is 0.0698. The molecule has 0 aromatic heterocycles. The van der Waals surface area contributed by atoms with Crippen LogP contribution in [0.1, 0.15) is 31.8 Å². The number of carboxylic acid groups (broad SMARTS) is 1. The minimum absolute atomic E-state index is 0.0709. The predicted molar refractivity (Wildman–Crippen MR) is 133 cm³/mol. The topological polar surface area (TPSA) is 72.9 Å². The SMILES string of the molecule is Cc1cccc(C(=O)Nc2ccc(N3CCN(c4cc(Cl)ccc4C)CC3)cc2C(=O)O)c1. The van der Waals surface area contributed by atoms with Crippen molar-refractivity contribution >= 4 is 40.5 Å². The number of aryl methyl sites for hydroxylation is 2. The summed E-state index contributed by atoms with van der Waals surface area (Å²) >= 11 is 6.18. The van der Waals surface area contributed by atoms with E-state index in [-0.39, 0.29) is 17.2 Å². The molecule has 1 fully saturated rings. The second-order valence-electron chi connectivity index (χ2n) is 8.26. The molecule has 1 saturated heterocycles. The number of hydrogen-bond acceptors (Lipinski definition) is 4. The monoisotopic (exact) mass is 463 g/mol. The van der Waals surface area contributed by atoms with Gasteiger partial charge in [-0.15, -0.1) is 0 Å². The van der Waals surface area contributed by atoms with Crippen molar-refractivity contribution < 1.29 is 14.7 Å². The number of carboxylic acids is 1. The van der Waals surface area contributed by atoms with Crippen molar-refractivity contribution in [2.75, 3.05) is 41.3 Å². The van der Waals surface area contributed by atoms with Gasteiger partial charge in [-0.25, -0.2) is 4.79 Å². The standard InChI is InChI=1S/C26H26ClN3O3/c1-17-4-3-5-19(14-17)25(31)28-23-9-8-21(16-22(23)26(32)33)29-10-12-30(13-11-29)24-15-20(27)7-6-18(24)2/h3-9,14-16H,10-13H2,1-2H3,(H,28,31)(H,32,33). The first kappa shape index (κ1) is 22.7. The van der Waals surface area contributed by atoms with E-state index in [0.29, 0.717) is 10.6 Å². The molecule has 2 N–H and O–H groups in total. The first-order valence-corrected chi connectivity index (χ1v) is 11.2. The molecule has 0 bridgehead atoms. The van der Waals surface area contributed by atoms with Gasteiger partial charge in [0.05, 0.1) is 11.3 Å². The number of piperazine rings is 1. The van der Waals surface area contributed by atoms with E-state index >= 15 is 0 Å². The van der Waals surface area contributed by atoms with Crippen molar-refractivity contribution in [3.8, 4) is 0 Å². The third kappa shape index (κ3) is 5.12.